The second-order valence-electron chi connectivity index (χ2n) is 4.53. The van der Waals surface area contributed by atoms with Crippen molar-refractivity contribution in [3.8, 4) is 0 Å². The Morgan fingerprint density at radius 3 is 2.37 bits per heavy atom. The molecule has 1 aliphatic rings. The summed E-state index contributed by atoms with van der Waals surface area (Å²) in [4.78, 5) is 15.0. The van der Waals surface area contributed by atoms with Gasteiger partial charge < -0.3 is 14.2 Å². The average molecular weight is 287 g/mol. The lowest BCUT2D eigenvalue weighted by atomic mass is 10.4. The molecule has 1 saturated heterocycles. The Labute approximate surface area is 112 Å². The van der Waals surface area contributed by atoms with Crippen LogP contribution in [0.3, 0.4) is 0 Å². The van der Waals surface area contributed by atoms with E-state index >= 15 is 0 Å². The van der Waals surface area contributed by atoms with Crippen LogP contribution in [0.25, 0.3) is 0 Å². The number of amides is 2. The second kappa shape index (κ2) is 5.22. The highest BCUT2D eigenvalue weighted by molar-refractivity contribution is 7.89. The number of rotatable bonds is 2. The van der Waals surface area contributed by atoms with Crippen LogP contribution < -0.4 is 0 Å². The summed E-state index contributed by atoms with van der Waals surface area (Å²) in [5.74, 6) is 0. The molecule has 2 amide bonds. The van der Waals surface area contributed by atoms with Gasteiger partial charge in [0.15, 0.2) is 0 Å². The van der Waals surface area contributed by atoms with Crippen molar-refractivity contribution < 1.29 is 17.6 Å². The standard InChI is InChI=1S/C11H17N3O4S/c1-12(2)11(15)13-4-6-14(7-5-13)19(16,17)10-3-8-18-9-10/h3,8-9H,4-7H2,1-2H3. The van der Waals surface area contributed by atoms with Crippen LogP contribution in [0.1, 0.15) is 0 Å². The van der Waals surface area contributed by atoms with Crippen LogP contribution in [-0.2, 0) is 10.0 Å². The molecule has 7 nitrogen and oxygen atoms in total. The molecule has 0 aliphatic carbocycles. The first-order valence-electron chi connectivity index (χ1n) is 5.91. The fraction of sp³-hybridized carbons (Fsp3) is 0.545. The minimum atomic E-state index is -3.50. The van der Waals surface area contributed by atoms with E-state index in [0.29, 0.717) is 26.2 Å². The first-order valence-corrected chi connectivity index (χ1v) is 7.35. The van der Waals surface area contributed by atoms with E-state index in [-0.39, 0.29) is 10.9 Å². The molecule has 1 aromatic heterocycles. The Balaban J connectivity index is 2.03. The predicted octanol–water partition coefficient (Wildman–Crippen LogP) is 0.267. The van der Waals surface area contributed by atoms with Crippen molar-refractivity contribution in [3.05, 3.63) is 18.6 Å². The van der Waals surface area contributed by atoms with Gasteiger partial charge in [0.25, 0.3) is 0 Å². The monoisotopic (exact) mass is 287 g/mol. The van der Waals surface area contributed by atoms with Gasteiger partial charge in [0.05, 0.1) is 6.26 Å². The molecule has 106 valence electrons. The van der Waals surface area contributed by atoms with Gasteiger partial charge in [-0.3, -0.25) is 0 Å². The number of sulfonamides is 1. The highest BCUT2D eigenvalue weighted by atomic mass is 32.2. The number of hydrogen-bond donors (Lipinski definition) is 0. The third-order valence-electron chi connectivity index (χ3n) is 3.02. The maximum atomic E-state index is 12.2. The van der Waals surface area contributed by atoms with Gasteiger partial charge in [-0.15, -0.1) is 0 Å². The summed E-state index contributed by atoms with van der Waals surface area (Å²) in [6.45, 7) is 1.39. The van der Waals surface area contributed by atoms with Crippen LogP contribution >= 0.6 is 0 Å². The minimum Gasteiger partial charge on any atom is -0.471 e. The first-order chi connectivity index (χ1) is 8.93. The van der Waals surface area contributed by atoms with Gasteiger partial charge in [0.1, 0.15) is 11.2 Å². The average Bonchev–Trinajstić information content (AvgIpc) is 2.92. The molecule has 0 N–H and O–H groups in total. The van der Waals surface area contributed by atoms with Gasteiger partial charge in [0.2, 0.25) is 10.0 Å². The van der Waals surface area contributed by atoms with Gasteiger partial charge in [-0.05, 0) is 6.07 Å². The summed E-state index contributed by atoms with van der Waals surface area (Å²) in [7, 11) is -0.145. The summed E-state index contributed by atoms with van der Waals surface area (Å²) in [5.41, 5.74) is 0. The molecule has 0 spiro atoms. The fourth-order valence-corrected chi connectivity index (χ4v) is 3.30. The van der Waals surface area contributed by atoms with E-state index in [0.717, 1.165) is 0 Å². The lowest BCUT2D eigenvalue weighted by Gasteiger charge is -2.34. The Morgan fingerprint density at radius 2 is 1.89 bits per heavy atom. The SMILES string of the molecule is CN(C)C(=O)N1CCN(S(=O)(=O)c2ccoc2)CC1. The van der Waals surface area contributed by atoms with E-state index in [9.17, 15) is 13.2 Å². The van der Waals surface area contributed by atoms with E-state index < -0.39 is 10.0 Å². The van der Waals surface area contributed by atoms with Crippen LogP contribution in [0.4, 0.5) is 4.79 Å². The molecule has 0 unspecified atom stereocenters. The Morgan fingerprint density at radius 1 is 1.26 bits per heavy atom. The van der Waals surface area contributed by atoms with Crippen molar-refractivity contribution in [3.63, 3.8) is 0 Å². The molecule has 1 fully saturated rings. The molecule has 1 aliphatic heterocycles. The smallest absolute Gasteiger partial charge is 0.319 e. The quantitative estimate of drug-likeness (QED) is 0.782. The Kier molecular flexibility index (Phi) is 3.81. The topological polar surface area (TPSA) is 74.1 Å². The lowest BCUT2D eigenvalue weighted by Crippen LogP contribution is -2.52. The van der Waals surface area contributed by atoms with E-state index in [1.54, 1.807) is 19.0 Å². The van der Waals surface area contributed by atoms with Crippen LogP contribution in [0.15, 0.2) is 27.9 Å². The fourth-order valence-electron chi connectivity index (χ4n) is 1.95. The van der Waals surface area contributed by atoms with E-state index in [1.807, 2.05) is 0 Å². The molecular formula is C11H17N3O4S. The molecule has 0 aromatic carbocycles. The highest BCUT2D eigenvalue weighted by Gasteiger charge is 2.30. The predicted molar refractivity (Wildman–Crippen MR) is 68.1 cm³/mol. The van der Waals surface area contributed by atoms with E-state index in [2.05, 4.69) is 0 Å². The summed E-state index contributed by atoms with van der Waals surface area (Å²) in [5, 5.41) is 0. The zero-order valence-electron chi connectivity index (χ0n) is 10.9. The number of carbonyl (C=O) groups excluding carboxylic acids is 1. The van der Waals surface area contributed by atoms with Gasteiger partial charge in [0, 0.05) is 40.3 Å². The van der Waals surface area contributed by atoms with Gasteiger partial charge in [-0.25, -0.2) is 13.2 Å². The Hall–Kier alpha value is -1.54. The minimum absolute atomic E-state index is 0.0969. The maximum Gasteiger partial charge on any atom is 0.319 e. The van der Waals surface area contributed by atoms with E-state index in [4.69, 9.17) is 4.42 Å². The second-order valence-corrected chi connectivity index (χ2v) is 6.47. The highest BCUT2D eigenvalue weighted by Crippen LogP contribution is 2.18. The van der Waals surface area contributed by atoms with Crippen molar-refractivity contribution in [1.82, 2.24) is 14.1 Å². The van der Waals surface area contributed by atoms with Crippen LogP contribution in [0.2, 0.25) is 0 Å². The summed E-state index contributed by atoms with van der Waals surface area (Å²) >= 11 is 0. The maximum absolute atomic E-state index is 12.2. The number of carbonyl (C=O) groups is 1. The molecule has 2 rings (SSSR count). The molecule has 1 aromatic rings. The summed E-state index contributed by atoms with van der Waals surface area (Å²) in [6, 6.07) is 1.33. The van der Waals surface area contributed by atoms with Crippen LogP contribution in [0.5, 0.6) is 0 Å². The third kappa shape index (κ3) is 2.74. The zero-order chi connectivity index (χ0) is 14.0. The summed E-state index contributed by atoms with van der Waals surface area (Å²) < 4.78 is 30.6. The number of furan rings is 1. The molecule has 2 heterocycles. The molecule has 0 radical (unpaired) electrons. The summed E-state index contributed by atoms with van der Waals surface area (Å²) in [6.07, 6.45) is 2.55. The van der Waals surface area contributed by atoms with Gasteiger partial charge >= 0.3 is 6.03 Å². The molecule has 0 bridgehead atoms. The van der Waals surface area contributed by atoms with Crippen molar-refractivity contribution in [1.29, 1.82) is 0 Å². The van der Waals surface area contributed by atoms with Crippen molar-refractivity contribution >= 4 is 16.1 Å². The number of hydrogen-bond acceptors (Lipinski definition) is 4. The third-order valence-corrected chi connectivity index (χ3v) is 4.90. The largest absolute Gasteiger partial charge is 0.471 e. The molecular weight excluding hydrogens is 270 g/mol. The zero-order valence-corrected chi connectivity index (χ0v) is 11.8. The molecule has 19 heavy (non-hydrogen) atoms. The van der Waals surface area contributed by atoms with Gasteiger partial charge in [-0.1, -0.05) is 0 Å². The van der Waals surface area contributed by atoms with Gasteiger partial charge in [-0.2, -0.15) is 4.31 Å². The van der Waals surface area contributed by atoms with Crippen molar-refractivity contribution in [2.24, 2.45) is 0 Å². The molecule has 0 atom stereocenters. The van der Waals surface area contributed by atoms with Crippen LogP contribution in [0, 0.1) is 0 Å². The normalized spacial score (nSPS) is 17.5. The lowest BCUT2D eigenvalue weighted by molar-refractivity contribution is 0.149. The van der Waals surface area contributed by atoms with Crippen molar-refractivity contribution in [2.45, 2.75) is 4.90 Å². The van der Waals surface area contributed by atoms with Crippen molar-refractivity contribution in [2.75, 3.05) is 40.3 Å². The van der Waals surface area contributed by atoms with Crippen LogP contribution in [-0.4, -0.2) is 68.8 Å². The molecule has 8 heteroatoms. The first kappa shape index (κ1) is 13.9. The number of nitrogens with zero attached hydrogens (tertiary/aromatic N) is 3. The van der Waals surface area contributed by atoms with E-state index in [1.165, 1.54) is 27.8 Å². The number of urea groups is 1. The molecule has 0 saturated carbocycles. The Bertz CT molecular complexity index is 530. The number of piperazine rings is 1.